The van der Waals surface area contributed by atoms with Gasteiger partial charge in [0.15, 0.2) is 0 Å². The van der Waals surface area contributed by atoms with Crippen molar-refractivity contribution in [1.29, 1.82) is 0 Å². The van der Waals surface area contributed by atoms with Crippen molar-refractivity contribution in [2.45, 2.75) is 45.3 Å². The Bertz CT molecular complexity index is 1010. The maximum Gasteiger partial charge on any atom is 0.326 e. The zero-order chi connectivity index (χ0) is 18.8. The van der Waals surface area contributed by atoms with Gasteiger partial charge in [-0.15, -0.1) is 11.3 Å². The summed E-state index contributed by atoms with van der Waals surface area (Å²) in [4.78, 5) is 31.1. The van der Waals surface area contributed by atoms with E-state index in [1.165, 1.54) is 28.7 Å². The fourth-order valence-electron chi connectivity index (χ4n) is 3.66. The van der Waals surface area contributed by atoms with Crippen LogP contribution in [0, 0.1) is 5.92 Å². The first kappa shape index (κ1) is 17.9. The van der Waals surface area contributed by atoms with E-state index in [-0.39, 0.29) is 24.2 Å². The molecule has 0 N–H and O–H groups in total. The third-order valence-corrected chi connectivity index (χ3v) is 6.15. The quantitative estimate of drug-likeness (QED) is 0.633. The van der Waals surface area contributed by atoms with Crippen LogP contribution in [0.5, 0.6) is 0 Å². The van der Waals surface area contributed by atoms with E-state index in [9.17, 15) is 9.59 Å². The molecule has 0 radical (unpaired) electrons. The normalized spacial score (nSPS) is 19.9. The number of fused-ring (bicyclic) bond motifs is 1. The van der Waals surface area contributed by atoms with Crippen molar-refractivity contribution in [2.75, 3.05) is 0 Å². The van der Waals surface area contributed by atoms with Crippen LogP contribution in [0.4, 0.5) is 0 Å². The minimum absolute atomic E-state index is 0.0283. The van der Waals surface area contributed by atoms with Crippen LogP contribution in [0.25, 0.3) is 20.7 Å². The summed E-state index contributed by atoms with van der Waals surface area (Å²) >= 11 is 1.48. The molecule has 2 heterocycles. The third kappa shape index (κ3) is 3.95. The number of aromatic nitrogens is 2. The smallest absolute Gasteiger partial charge is 0.326 e. The molecule has 5 nitrogen and oxygen atoms in total. The van der Waals surface area contributed by atoms with Crippen molar-refractivity contribution >= 4 is 27.5 Å². The number of ether oxygens (including phenoxy) is 1. The Kier molecular flexibility index (Phi) is 5.07. The summed E-state index contributed by atoms with van der Waals surface area (Å²) in [5.74, 6) is 0.218. The van der Waals surface area contributed by atoms with Crippen molar-refractivity contribution in [3.8, 4) is 10.4 Å². The number of benzene rings is 1. The molecule has 2 atom stereocenters. The van der Waals surface area contributed by atoms with Crippen LogP contribution in [0.15, 0.2) is 47.5 Å². The second-order valence-corrected chi connectivity index (χ2v) is 8.29. The zero-order valence-corrected chi connectivity index (χ0v) is 16.1. The molecule has 0 saturated heterocycles. The number of hydrogen-bond donors (Lipinski definition) is 0. The average molecular weight is 382 g/mol. The van der Waals surface area contributed by atoms with Gasteiger partial charge in [-0.1, -0.05) is 43.7 Å². The molecule has 1 fully saturated rings. The summed E-state index contributed by atoms with van der Waals surface area (Å²) in [6.45, 7) is 2.09. The molecular formula is C21H22N2O3S. The molecule has 2 aromatic heterocycles. The van der Waals surface area contributed by atoms with Gasteiger partial charge in [0.05, 0.1) is 11.7 Å². The van der Waals surface area contributed by atoms with E-state index in [1.54, 1.807) is 0 Å². The number of nitrogens with zero attached hydrogens (tertiary/aromatic N) is 2. The van der Waals surface area contributed by atoms with E-state index in [2.05, 4.69) is 11.9 Å². The van der Waals surface area contributed by atoms with Gasteiger partial charge < -0.3 is 4.74 Å². The number of rotatable bonds is 4. The maximum absolute atomic E-state index is 12.8. The Morgan fingerprint density at radius 1 is 1.30 bits per heavy atom. The molecule has 0 aliphatic heterocycles. The number of thiophene rings is 1. The molecule has 1 aromatic carbocycles. The lowest BCUT2D eigenvalue weighted by molar-refractivity contribution is -0.152. The SMILES string of the molecule is C[C@@H]1CCC[C@@H](OC(=O)Cn2cnc3sc(-c4ccccc4)cc3c2=O)C1. The number of carbonyl (C=O) groups excluding carboxylic acids is 1. The van der Waals surface area contributed by atoms with Crippen molar-refractivity contribution < 1.29 is 9.53 Å². The Hall–Kier alpha value is -2.47. The fourth-order valence-corrected chi connectivity index (χ4v) is 4.66. The standard InChI is InChI=1S/C21H22N2O3S/c1-14-6-5-9-16(10-14)26-19(24)12-23-13-22-20-17(21(23)25)11-18(27-20)15-7-3-2-4-8-15/h2-4,7-8,11,13-14,16H,5-6,9-10,12H2,1H3/t14-,16-/m1/s1. The van der Waals surface area contributed by atoms with Crippen LogP contribution in [0.1, 0.15) is 32.6 Å². The van der Waals surface area contributed by atoms with Gasteiger partial charge in [0.2, 0.25) is 0 Å². The summed E-state index contributed by atoms with van der Waals surface area (Å²) in [6.07, 6.45) is 5.51. The second-order valence-electron chi connectivity index (χ2n) is 7.26. The second kappa shape index (κ2) is 7.64. The lowest BCUT2D eigenvalue weighted by Gasteiger charge is -2.26. The van der Waals surface area contributed by atoms with E-state index in [0.717, 1.165) is 29.7 Å². The van der Waals surface area contributed by atoms with Gasteiger partial charge in [-0.2, -0.15) is 0 Å². The molecule has 0 amide bonds. The maximum atomic E-state index is 12.8. The van der Waals surface area contributed by atoms with Crippen molar-refractivity contribution in [3.63, 3.8) is 0 Å². The van der Waals surface area contributed by atoms with Gasteiger partial charge in [0, 0.05) is 4.88 Å². The van der Waals surface area contributed by atoms with Crippen LogP contribution in [0.2, 0.25) is 0 Å². The average Bonchev–Trinajstić information content (AvgIpc) is 3.10. The molecule has 1 aliphatic rings. The summed E-state index contributed by atoms with van der Waals surface area (Å²) in [6, 6.07) is 11.8. The third-order valence-electron chi connectivity index (χ3n) is 5.06. The molecule has 1 saturated carbocycles. The first-order valence-corrected chi connectivity index (χ1v) is 10.2. The topological polar surface area (TPSA) is 61.2 Å². The molecule has 0 bridgehead atoms. The predicted molar refractivity (Wildman–Crippen MR) is 107 cm³/mol. The Morgan fingerprint density at radius 3 is 2.89 bits per heavy atom. The molecule has 3 aromatic rings. The highest BCUT2D eigenvalue weighted by atomic mass is 32.1. The summed E-state index contributed by atoms with van der Waals surface area (Å²) in [7, 11) is 0. The lowest BCUT2D eigenvalue weighted by Crippen LogP contribution is -2.30. The fraction of sp³-hybridized carbons (Fsp3) is 0.381. The van der Waals surface area contributed by atoms with E-state index < -0.39 is 0 Å². The zero-order valence-electron chi connectivity index (χ0n) is 15.3. The van der Waals surface area contributed by atoms with E-state index in [4.69, 9.17) is 4.74 Å². The Balaban J connectivity index is 1.53. The van der Waals surface area contributed by atoms with Gasteiger partial charge in [-0.05, 0) is 36.8 Å². The van der Waals surface area contributed by atoms with Gasteiger partial charge in [-0.25, -0.2) is 4.98 Å². The van der Waals surface area contributed by atoms with Gasteiger partial charge in [-0.3, -0.25) is 14.2 Å². The lowest BCUT2D eigenvalue weighted by atomic mass is 9.89. The number of esters is 1. The van der Waals surface area contributed by atoms with E-state index >= 15 is 0 Å². The number of carbonyl (C=O) groups is 1. The molecule has 0 unspecified atom stereocenters. The van der Waals surface area contributed by atoms with Gasteiger partial charge in [0.25, 0.3) is 5.56 Å². The van der Waals surface area contributed by atoms with Crippen molar-refractivity contribution in [3.05, 3.63) is 53.1 Å². The highest BCUT2D eigenvalue weighted by Gasteiger charge is 2.22. The van der Waals surface area contributed by atoms with Crippen LogP contribution < -0.4 is 5.56 Å². The van der Waals surface area contributed by atoms with E-state index in [1.807, 2.05) is 36.4 Å². The number of hydrogen-bond acceptors (Lipinski definition) is 5. The summed E-state index contributed by atoms with van der Waals surface area (Å²) in [5, 5.41) is 0.542. The molecule has 4 rings (SSSR count). The largest absolute Gasteiger partial charge is 0.461 e. The molecular weight excluding hydrogens is 360 g/mol. The molecule has 1 aliphatic carbocycles. The minimum Gasteiger partial charge on any atom is -0.461 e. The minimum atomic E-state index is -0.365. The molecule has 0 spiro atoms. The summed E-state index contributed by atoms with van der Waals surface area (Å²) in [5.41, 5.74) is 0.852. The van der Waals surface area contributed by atoms with Crippen molar-refractivity contribution in [2.24, 2.45) is 5.92 Å². The van der Waals surface area contributed by atoms with Crippen LogP contribution in [-0.2, 0) is 16.1 Å². The Labute approximate surface area is 161 Å². The van der Waals surface area contributed by atoms with E-state index in [0.29, 0.717) is 16.1 Å². The first-order chi connectivity index (χ1) is 13.1. The van der Waals surface area contributed by atoms with Gasteiger partial charge >= 0.3 is 5.97 Å². The molecule has 27 heavy (non-hydrogen) atoms. The van der Waals surface area contributed by atoms with Crippen LogP contribution in [-0.4, -0.2) is 21.6 Å². The van der Waals surface area contributed by atoms with Crippen molar-refractivity contribution in [1.82, 2.24) is 9.55 Å². The highest BCUT2D eigenvalue weighted by Crippen LogP contribution is 2.30. The molecule has 140 valence electrons. The predicted octanol–water partition coefficient (Wildman–Crippen LogP) is 4.25. The Morgan fingerprint density at radius 2 is 2.11 bits per heavy atom. The first-order valence-electron chi connectivity index (χ1n) is 9.34. The van der Waals surface area contributed by atoms with Crippen LogP contribution in [0.3, 0.4) is 0 Å². The summed E-state index contributed by atoms with van der Waals surface area (Å²) < 4.78 is 6.93. The van der Waals surface area contributed by atoms with Crippen LogP contribution >= 0.6 is 11.3 Å². The van der Waals surface area contributed by atoms with Gasteiger partial charge in [0.1, 0.15) is 17.5 Å². The highest BCUT2D eigenvalue weighted by molar-refractivity contribution is 7.21. The monoisotopic (exact) mass is 382 g/mol. The molecule has 6 heteroatoms.